The highest BCUT2D eigenvalue weighted by atomic mass is 16.6. The van der Waals surface area contributed by atoms with Crippen molar-refractivity contribution in [1.29, 1.82) is 0 Å². The molecule has 0 fully saturated rings. The lowest BCUT2D eigenvalue weighted by Gasteiger charge is -2.34. The van der Waals surface area contributed by atoms with Gasteiger partial charge in [-0.15, -0.1) is 0 Å². The summed E-state index contributed by atoms with van der Waals surface area (Å²) in [6.45, 7) is 4.33. The molecule has 0 radical (unpaired) electrons. The van der Waals surface area contributed by atoms with Gasteiger partial charge in [0.15, 0.2) is 6.10 Å². The number of nitrogens with zero attached hydrogens (tertiary/aromatic N) is 1. The molecule has 0 spiro atoms. The lowest BCUT2D eigenvalue weighted by Crippen LogP contribution is -2.55. The van der Waals surface area contributed by atoms with Crippen LogP contribution in [0.4, 0.5) is 0 Å². The molecule has 290 valence electrons. The van der Waals surface area contributed by atoms with E-state index >= 15 is 0 Å². The summed E-state index contributed by atoms with van der Waals surface area (Å²) in [4.78, 5) is 35.8. The lowest BCUT2D eigenvalue weighted by molar-refractivity contribution is -0.889. The van der Waals surface area contributed by atoms with E-state index in [0.717, 1.165) is 19.3 Å². The molecule has 0 saturated carbocycles. The Hall–Kier alpha value is -1.67. The summed E-state index contributed by atoms with van der Waals surface area (Å²) in [7, 11) is 5.38. The smallest absolute Gasteiger partial charge is 0.306 e. The number of carboxylic acids is 1. The van der Waals surface area contributed by atoms with Crippen molar-refractivity contribution in [2.45, 2.75) is 206 Å². The molecule has 0 aliphatic carbocycles. The van der Waals surface area contributed by atoms with E-state index in [0.29, 0.717) is 19.3 Å². The summed E-state index contributed by atoms with van der Waals surface area (Å²) in [6, 6.07) is -0.716. The van der Waals surface area contributed by atoms with Crippen LogP contribution in [-0.4, -0.2) is 75.5 Å². The highest BCUT2D eigenvalue weighted by Crippen LogP contribution is 2.16. The van der Waals surface area contributed by atoms with E-state index in [1.165, 1.54) is 135 Å². The highest BCUT2D eigenvalue weighted by molar-refractivity contribution is 5.70. The Morgan fingerprint density at radius 3 is 1.31 bits per heavy atom. The molecule has 0 aliphatic heterocycles. The van der Waals surface area contributed by atoms with Crippen LogP contribution in [0.3, 0.4) is 0 Å². The lowest BCUT2D eigenvalue weighted by atomic mass is 10.0. The number of aliphatic carboxylic acids is 1. The fraction of sp³-hybridized carbons (Fsp3) is 0.927. The third-order valence-electron chi connectivity index (χ3n) is 9.46. The monoisotopic (exact) mass is 698 g/mol. The van der Waals surface area contributed by atoms with Gasteiger partial charge < -0.3 is 28.6 Å². The predicted molar refractivity (Wildman–Crippen MR) is 199 cm³/mol. The Morgan fingerprint density at radius 1 is 0.531 bits per heavy atom. The van der Waals surface area contributed by atoms with Gasteiger partial charge in [-0.1, -0.05) is 162 Å². The zero-order valence-electron chi connectivity index (χ0n) is 32.9. The second-order valence-corrected chi connectivity index (χ2v) is 15.2. The number of quaternary nitrogens is 1. The third kappa shape index (κ3) is 32.0. The summed E-state index contributed by atoms with van der Waals surface area (Å²) >= 11 is 0. The number of rotatable bonds is 37. The molecule has 0 rings (SSSR count). The number of hydrogen-bond acceptors (Lipinski definition) is 7. The van der Waals surface area contributed by atoms with E-state index in [1.807, 2.05) is 6.92 Å². The molecule has 2 unspecified atom stereocenters. The minimum Gasteiger partial charge on any atom is -0.544 e. The summed E-state index contributed by atoms with van der Waals surface area (Å²) in [5, 5.41) is 11.5. The normalized spacial score (nSPS) is 12.9. The van der Waals surface area contributed by atoms with Crippen LogP contribution in [0.5, 0.6) is 0 Å². The van der Waals surface area contributed by atoms with Crippen LogP contribution >= 0.6 is 0 Å². The van der Waals surface area contributed by atoms with Crippen LogP contribution in [0.25, 0.3) is 0 Å². The molecule has 8 nitrogen and oxygen atoms in total. The molecule has 0 heterocycles. The van der Waals surface area contributed by atoms with E-state index in [-0.39, 0.29) is 42.7 Å². The zero-order valence-corrected chi connectivity index (χ0v) is 32.9. The van der Waals surface area contributed by atoms with E-state index in [4.69, 9.17) is 14.2 Å². The van der Waals surface area contributed by atoms with Crippen molar-refractivity contribution in [2.24, 2.45) is 0 Å². The van der Waals surface area contributed by atoms with Crippen LogP contribution in [0, 0.1) is 0 Å². The molecule has 0 aromatic carbocycles. The van der Waals surface area contributed by atoms with Crippen molar-refractivity contribution < 1.29 is 38.2 Å². The van der Waals surface area contributed by atoms with E-state index < -0.39 is 18.1 Å². The van der Waals surface area contributed by atoms with Gasteiger partial charge in [0.05, 0.1) is 40.3 Å². The molecule has 0 amide bonds. The van der Waals surface area contributed by atoms with Gasteiger partial charge in [0.2, 0.25) is 0 Å². The Bertz CT molecular complexity index is 782. The maximum Gasteiger partial charge on any atom is 0.306 e. The molecule has 0 aromatic heterocycles. The standard InChI is InChI=1S/C41H79NO7/c1-6-8-9-10-11-12-13-14-15-16-17-18-19-20-21-22-23-24-25-26-27-28-29-30-32-40(44)49-37(36-48-39(43)31-7-2)35-47-34-33-38(41(45)46)42(3,4)5/h37-38H,6-36H2,1-5H3. The first-order valence-electron chi connectivity index (χ1n) is 20.6. The summed E-state index contributed by atoms with van der Waals surface area (Å²) in [5.41, 5.74) is 0. The minimum atomic E-state index is -1.13. The average molecular weight is 698 g/mol. The van der Waals surface area contributed by atoms with Gasteiger partial charge in [0, 0.05) is 19.3 Å². The first-order valence-corrected chi connectivity index (χ1v) is 20.6. The van der Waals surface area contributed by atoms with E-state index in [2.05, 4.69) is 6.92 Å². The largest absolute Gasteiger partial charge is 0.544 e. The summed E-state index contributed by atoms with van der Waals surface area (Å²) in [5.74, 6) is -1.79. The molecule has 0 aromatic rings. The topological polar surface area (TPSA) is 102 Å². The summed E-state index contributed by atoms with van der Waals surface area (Å²) < 4.78 is 16.7. The molecule has 49 heavy (non-hydrogen) atoms. The van der Waals surface area contributed by atoms with Crippen LogP contribution in [-0.2, 0) is 28.6 Å². The number of likely N-dealkylation sites (N-methyl/N-ethyl adjacent to an activating group) is 1. The Kier molecular flexibility index (Phi) is 32.3. The van der Waals surface area contributed by atoms with Gasteiger partial charge in [0.1, 0.15) is 12.6 Å². The van der Waals surface area contributed by atoms with Gasteiger partial charge in [-0.25, -0.2) is 0 Å². The van der Waals surface area contributed by atoms with Crippen molar-refractivity contribution in [3.63, 3.8) is 0 Å². The Labute approximate surface area is 302 Å². The Balaban J connectivity index is 3.81. The van der Waals surface area contributed by atoms with E-state index in [9.17, 15) is 19.5 Å². The SMILES string of the molecule is CCCCCCCCCCCCCCCCCCCCCCCCCCC(=O)OC(COCCC(C(=O)[O-])[N+](C)(C)C)COC(=O)CCC. The molecule has 0 N–H and O–H groups in total. The number of carbonyl (C=O) groups excluding carboxylic acids is 3. The molecular weight excluding hydrogens is 618 g/mol. The van der Waals surface area contributed by atoms with Crippen molar-refractivity contribution in [1.82, 2.24) is 0 Å². The number of esters is 2. The fourth-order valence-corrected chi connectivity index (χ4v) is 6.29. The molecule has 0 bridgehead atoms. The number of carbonyl (C=O) groups is 3. The van der Waals surface area contributed by atoms with Gasteiger partial charge in [-0.3, -0.25) is 9.59 Å². The van der Waals surface area contributed by atoms with Gasteiger partial charge in [-0.05, 0) is 12.8 Å². The zero-order chi connectivity index (χ0) is 36.4. The van der Waals surface area contributed by atoms with Gasteiger partial charge in [0.25, 0.3) is 0 Å². The minimum absolute atomic E-state index is 0.0432. The third-order valence-corrected chi connectivity index (χ3v) is 9.46. The first-order chi connectivity index (χ1) is 23.6. The molecule has 0 aliphatic rings. The summed E-state index contributed by atoms with van der Waals surface area (Å²) in [6.07, 6.45) is 32.9. The fourth-order valence-electron chi connectivity index (χ4n) is 6.29. The highest BCUT2D eigenvalue weighted by Gasteiger charge is 2.25. The van der Waals surface area contributed by atoms with E-state index in [1.54, 1.807) is 21.1 Å². The Morgan fingerprint density at radius 2 is 0.939 bits per heavy atom. The quantitative estimate of drug-likeness (QED) is 0.0362. The number of ether oxygens (including phenoxy) is 3. The molecular formula is C41H79NO7. The second-order valence-electron chi connectivity index (χ2n) is 15.2. The molecule has 0 saturated heterocycles. The molecule has 8 heteroatoms. The van der Waals surface area contributed by atoms with Crippen molar-refractivity contribution in [3.8, 4) is 0 Å². The molecule has 2 atom stereocenters. The van der Waals surface area contributed by atoms with Crippen molar-refractivity contribution in [3.05, 3.63) is 0 Å². The predicted octanol–water partition coefficient (Wildman–Crippen LogP) is 9.25. The van der Waals surface area contributed by atoms with Crippen molar-refractivity contribution >= 4 is 17.9 Å². The van der Waals surface area contributed by atoms with Crippen LogP contribution in [0.15, 0.2) is 0 Å². The van der Waals surface area contributed by atoms with Crippen LogP contribution < -0.4 is 5.11 Å². The maximum absolute atomic E-state index is 12.5. The van der Waals surface area contributed by atoms with Crippen LogP contribution in [0.1, 0.15) is 194 Å². The number of carboxylic acid groups (broad SMARTS) is 1. The van der Waals surface area contributed by atoms with Crippen molar-refractivity contribution in [2.75, 3.05) is 41.0 Å². The first kappa shape index (κ1) is 47.3. The number of hydrogen-bond donors (Lipinski definition) is 0. The average Bonchev–Trinajstić information content (AvgIpc) is 3.04. The number of unbranched alkanes of at least 4 members (excludes halogenated alkanes) is 23. The van der Waals surface area contributed by atoms with Gasteiger partial charge in [-0.2, -0.15) is 0 Å². The van der Waals surface area contributed by atoms with Gasteiger partial charge >= 0.3 is 11.9 Å². The van der Waals surface area contributed by atoms with Crippen LogP contribution in [0.2, 0.25) is 0 Å². The second kappa shape index (κ2) is 33.5. The maximum atomic E-state index is 12.5.